The third-order valence-electron chi connectivity index (χ3n) is 2.86. The Morgan fingerprint density at radius 1 is 1.20 bits per heavy atom. The molecule has 0 spiro atoms. The largest absolute Gasteiger partial charge is 0.507 e. The first-order chi connectivity index (χ1) is 9.69. The van der Waals surface area contributed by atoms with Crippen molar-refractivity contribution >= 4 is 12.0 Å². The molecule has 20 heavy (non-hydrogen) atoms. The van der Waals surface area contributed by atoms with E-state index in [-0.39, 0.29) is 5.75 Å². The Labute approximate surface area is 118 Å². The van der Waals surface area contributed by atoms with Gasteiger partial charge in [0.1, 0.15) is 11.5 Å². The molecule has 0 aromatic heterocycles. The summed E-state index contributed by atoms with van der Waals surface area (Å²) in [6.07, 6.45) is 3.72. The molecule has 0 aliphatic carbocycles. The summed E-state index contributed by atoms with van der Waals surface area (Å²) in [5.74, 6) is 0.183. The van der Waals surface area contributed by atoms with Crippen LogP contribution in [0.5, 0.6) is 11.5 Å². The van der Waals surface area contributed by atoms with E-state index < -0.39 is 5.97 Å². The fourth-order valence-corrected chi connectivity index (χ4v) is 1.77. The van der Waals surface area contributed by atoms with Crippen LogP contribution in [0.2, 0.25) is 0 Å². The van der Waals surface area contributed by atoms with Gasteiger partial charge in [0.15, 0.2) is 0 Å². The van der Waals surface area contributed by atoms with Crippen LogP contribution in [-0.2, 0) is 11.2 Å². The van der Waals surface area contributed by atoms with Crippen molar-refractivity contribution in [1.82, 2.24) is 0 Å². The van der Waals surface area contributed by atoms with E-state index in [2.05, 4.69) is 0 Å². The van der Waals surface area contributed by atoms with E-state index in [4.69, 9.17) is 4.74 Å². The van der Waals surface area contributed by atoms with E-state index >= 15 is 0 Å². The Morgan fingerprint density at radius 3 is 2.75 bits per heavy atom. The van der Waals surface area contributed by atoms with Crippen molar-refractivity contribution in [3.8, 4) is 11.5 Å². The lowest BCUT2D eigenvalue weighted by atomic mass is 10.2. The number of para-hydroxylation sites is 1. The quantitative estimate of drug-likeness (QED) is 0.524. The molecule has 0 atom stereocenters. The van der Waals surface area contributed by atoms with Crippen LogP contribution in [0.4, 0.5) is 0 Å². The van der Waals surface area contributed by atoms with Crippen LogP contribution in [0.15, 0.2) is 54.6 Å². The van der Waals surface area contributed by atoms with Crippen molar-refractivity contribution in [3.05, 3.63) is 65.7 Å². The van der Waals surface area contributed by atoms with E-state index in [0.717, 1.165) is 12.0 Å². The maximum atomic E-state index is 11.7. The Kier molecular flexibility index (Phi) is 4.56. The second-order valence-corrected chi connectivity index (χ2v) is 4.31. The number of carbonyl (C=O) groups excluding carboxylic acids is 1. The third-order valence-corrected chi connectivity index (χ3v) is 2.86. The molecule has 2 aromatic carbocycles. The number of aromatic hydroxyl groups is 1. The predicted molar refractivity (Wildman–Crippen MR) is 78.6 cm³/mol. The van der Waals surface area contributed by atoms with Crippen LogP contribution in [-0.4, -0.2) is 11.1 Å². The van der Waals surface area contributed by atoms with Gasteiger partial charge in [-0.25, -0.2) is 4.79 Å². The molecule has 2 aromatic rings. The first kappa shape index (κ1) is 13.9. The number of hydrogen-bond donors (Lipinski definition) is 1. The highest BCUT2D eigenvalue weighted by atomic mass is 16.5. The highest BCUT2D eigenvalue weighted by Crippen LogP contribution is 2.18. The summed E-state index contributed by atoms with van der Waals surface area (Å²) in [7, 11) is 0. The summed E-state index contributed by atoms with van der Waals surface area (Å²) in [6.45, 7) is 2.04. The van der Waals surface area contributed by atoms with E-state index in [1.807, 2.05) is 25.1 Å². The summed E-state index contributed by atoms with van der Waals surface area (Å²) >= 11 is 0. The third kappa shape index (κ3) is 3.72. The molecule has 0 fully saturated rings. The van der Waals surface area contributed by atoms with Crippen LogP contribution >= 0.6 is 0 Å². The number of rotatable bonds is 4. The zero-order chi connectivity index (χ0) is 14.4. The molecule has 0 aliphatic heterocycles. The second-order valence-electron chi connectivity index (χ2n) is 4.31. The van der Waals surface area contributed by atoms with Crippen LogP contribution in [0.1, 0.15) is 18.1 Å². The predicted octanol–water partition coefficient (Wildman–Crippen LogP) is 3.57. The van der Waals surface area contributed by atoms with E-state index in [9.17, 15) is 9.90 Å². The molecule has 0 radical (unpaired) electrons. The summed E-state index contributed by atoms with van der Waals surface area (Å²) in [5, 5.41) is 9.58. The molecular weight excluding hydrogens is 252 g/mol. The van der Waals surface area contributed by atoms with Gasteiger partial charge in [-0.2, -0.15) is 0 Å². The molecule has 3 heteroatoms. The van der Waals surface area contributed by atoms with Gasteiger partial charge in [0, 0.05) is 11.6 Å². The first-order valence-corrected chi connectivity index (χ1v) is 6.46. The van der Waals surface area contributed by atoms with Gasteiger partial charge in [-0.1, -0.05) is 37.3 Å². The van der Waals surface area contributed by atoms with Gasteiger partial charge < -0.3 is 9.84 Å². The van der Waals surface area contributed by atoms with Crippen LogP contribution in [0.25, 0.3) is 6.08 Å². The minimum atomic E-state index is -0.471. The van der Waals surface area contributed by atoms with E-state index in [1.54, 1.807) is 30.3 Å². The maximum absolute atomic E-state index is 11.7. The SMILES string of the molecule is CCc1cccc(OC(=O)C=Cc2ccccc2O)c1. The van der Waals surface area contributed by atoms with E-state index in [1.165, 1.54) is 12.2 Å². The zero-order valence-electron chi connectivity index (χ0n) is 11.2. The van der Waals surface area contributed by atoms with Gasteiger partial charge in [-0.3, -0.25) is 0 Å². The number of esters is 1. The van der Waals surface area contributed by atoms with Gasteiger partial charge in [0.05, 0.1) is 0 Å². The van der Waals surface area contributed by atoms with Gasteiger partial charge in [0.25, 0.3) is 0 Å². The lowest BCUT2D eigenvalue weighted by molar-refractivity contribution is -0.128. The first-order valence-electron chi connectivity index (χ1n) is 6.46. The van der Waals surface area contributed by atoms with Crippen molar-refractivity contribution in [2.75, 3.05) is 0 Å². The van der Waals surface area contributed by atoms with Gasteiger partial charge in [0.2, 0.25) is 0 Å². The molecule has 2 rings (SSSR count). The summed E-state index contributed by atoms with van der Waals surface area (Å²) in [4.78, 5) is 11.7. The topological polar surface area (TPSA) is 46.5 Å². The Hall–Kier alpha value is -2.55. The number of phenolic OH excluding ortho intramolecular Hbond substituents is 1. The Bertz CT molecular complexity index is 630. The number of phenols is 1. The molecule has 0 amide bonds. The fourth-order valence-electron chi connectivity index (χ4n) is 1.77. The molecule has 0 bridgehead atoms. The molecule has 0 aliphatic rings. The van der Waals surface area contributed by atoms with Crippen LogP contribution < -0.4 is 4.74 Å². The normalized spacial score (nSPS) is 10.7. The lowest BCUT2D eigenvalue weighted by Crippen LogP contribution is -2.03. The second kappa shape index (κ2) is 6.57. The average molecular weight is 268 g/mol. The lowest BCUT2D eigenvalue weighted by Gasteiger charge is -2.03. The summed E-state index contributed by atoms with van der Waals surface area (Å²) < 4.78 is 5.21. The molecule has 102 valence electrons. The summed E-state index contributed by atoms with van der Waals surface area (Å²) in [6, 6.07) is 14.2. The van der Waals surface area contributed by atoms with Crippen molar-refractivity contribution in [3.63, 3.8) is 0 Å². The van der Waals surface area contributed by atoms with Crippen molar-refractivity contribution in [1.29, 1.82) is 0 Å². The highest BCUT2D eigenvalue weighted by Gasteiger charge is 2.02. The molecule has 0 heterocycles. The average Bonchev–Trinajstić information content (AvgIpc) is 2.46. The number of hydrogen-bond acceptors (Lipinski definition) is 3. The molecule has 0 saturated heterocycles. The Balaban J connectivity index is 2.04. The zero-order valence-corrected chi connectivity index (χ0v) is 11.2. The van der Waals surface area contributed by atoms with Crippen LogP contribution in [0, 0.1) is 0 Å². The minimum Gasteiger partial charge on any atom is -0.507 e. The monoisotopic (exact) mass is 268 g/mol. The minimum absolute atomic E-state index is 0.129. The van der Waals surface area contributed by atoms with Gasteiger partial charge in [-0.15, -0.1) is 0 Å². The number of aryl methyl sites for hydroxylation is 1. The van der Waals surface area contributed by atoms with Crippen LogP contribution in [0.3, 0.4) is 0 Å². The highest BCUT2D eigenvalue weighted by molar-refractivity contribution is 5.89. The maximum Gasteiger partial charge on any atom is 0.336 e. The van der Waals surface area contributed by atoms with Gasteiger partial charge in [-0.05, 0) is 36.3 Å². The van der Waals surface area contributed by atoms with Crippen molar-refractivity contribution in [2.45, 2.75) is 13.3 Å². The fraction of sp³-hybridized carbons (Fsp3) is 0.118. The number of ether oxygens (including phenoxy) is 1. The smallest absolute Gasteiger partial charge is 0.336 e. The summed E-state index contributed by atoms with van der Waals surface area (Å²) in [5.41, 5.74) is 1.69. The molecule has 1 N–H and O–H groups in total. The van der Waals surface area contributed by atoms with E-state index in [0.29, 0.717) is 11.3 Å². The Morgan fingerprint density at radius 2 is 2.00 bits per heavy atom. The molecule has 0 unspecified atom stereocenters. The molecule has 0 saturated carbocycles. The number of benzene rings is 2. The van der Waals surface area contributed by atoms with Crippen molar-refractivity contribution in [2.24, 2.45) is 0 Å². The molecule has 3 nitrogen and oxygen atoms in total. The number of carbonyl (C=O) groups is 1. The van der Waals surface area contributed by atoms with Gasteiger partial charge >= 0.3 is 5.97 Å². The van der Waals surface area contributed by atoms with Crippen molar-refractivity contribution < 1.29 is 14.6 Å². The molecular formula is C17H16O3. The standard InChI is InChI=1S/C17H16O3/c1-2-13-6-5-8-15(12-13)20-17(19)11-10-14-7-3-4-9-16(14)18/h3-12,18H,2H2,1H3.